The largest absolute Gasteiger partial charge is 0.338 e. The molecule has 0 saturated carbocycles. The Balaban J connectivity index is 2.85. The molecule has 0 aliphatic carbocycles. The Bertz CT molecular complexity index is 173. The molecule has 0 atom stereocenters. The van der Waals surface area contributed by atoms with Gasteiger partial charge in [0.05, 0.1) is 6.61 Å². The van der Waals surface area contributed by atoms with Crippen molar-refractivity contribution in [3.05, 3.63) is 0 Å². The van der Waals surface area contributed by atoms with Crippen LogP contribution in [0.2, 0.25) is 0 Å². The monoisotopic (exact) mass is 137 g/mol. The Morgan fingerprint density at radius 2 is 2.25 bits per heavy atom. The Labute approximate surface area is 48.3 Å². The highest BCUT2D eigenvalue weighted by atomic mass is 32.2. The summed E-state index contributed by atoms with van der Waals surface area (Å²) in [5, 5.41) is 0. The van der Waals surface area contributed by atoms with Gasteiger partial charge in [0.1, 0.15) is 0 Å². The molecular weight excluding hydrogens is 130 g/mol. The Morgan fingerprint density at radius 1 is 1.62 bits per heavy atom. The van der Waals surface area contributed by atoms with Gasteiger partial charge in [0.25, 0.3) is 0 Å². The van der Waals surface area contributed by atoms with Crippen LogP contribution in [0.4, 0.5) is 0 Å². The molecule has 1 rings (SSSR count). The number of likely N-dealkylation sites (N-methyl/N-ethyl adjacent to an activating group) is 1. The summed E-state index contributed by atoms with van der Waals surface area (Å²) >= 11 is 0. The van der Waals surface area contributed by atoms with Gasteiger partial charge >= 0.3 is 10.3 Å². The molecule has 0 radical (unpaired) electrons. The molecule has 0 amide bonds. The third kappa shape index (κ3) is 0.841. The zero-order chi connectivity index (χ0) is 6.20. The van der Waals surface area contributed by atoms with Crippen molar-refractivity contribution in [1.29, 1.82) is 0 Å². The van der Waals surface area contributed by atoms with Crippen LogP contribution in [0.5, 0.6) is 0 Å². The summed E-state index contributed by atoms with van der Waals surface area (Å²) in [5.41, 5.74) is 0. The van der Waals surface area contributed by atoms with Gasteiger partial charge in [-0.3, -0.25) is 4.18 Å². The molecule has 8 heavy (non-hydrogen) atoms. The van der Waals surface area contributed by atoms with E-state index in [1.807, 2.05) is 0 Å². The molecule has 0 aromatic rings. The number of nitrogens with zero attached hydrogens (tertiary/aromatic N) is 1. The van der Waals surface area contributed by atoms with Gasteiger partial charge in [-0.1, -0.05) is 0 Å². The lowest BCUT2D eigenvalue weighted by Gasteiger charge is -2.00. The summed E-state index contributed by atoms with van der Waals surface area (Å²) in [6.45, 7) is 0.765. The quantitative estimate of drug-likeness (QED) is 0.439. The van der Waals surface area contributed by atoms with E-state index in [2.05, 4.69) is 4.18 Å². The molecule has 0 unspecified atom stereocenters. The molecule has 1 heterocycles. The van der Waals surface area contributed by atoms with Crippen LogP contribution in [0, 0.1) is 0 Å². The first-order chi connectivity index (χ1) is 3.63. The molecular formula is C3H7NO3S. The van der Waals surface area contributed by atoms with Crippen molar-refractivity contribution in [3.63, 3.8) is 0 Å². The molecule has 0 N–H and O–H groups in total. The van der Waals surface area contributed by atoms with Crippen LogP contribution in [-0.4, -0.2) is 32.9 Å². The molecule has 1 fully saturated rings. The Kier molecular flexibility index (Phi) is 1.26. The zero-order valence-electron chi connectivity index (χ0n) is 4.49. The number of rotatable bonds is 0. The lowest BCUT2D eigenvalue weighted by atomic mass is 10.7. The first-order valence-corrected chi connectivity index (χ1v) is 3.60. The molecule has 4 nitrogen and oxygen atoms in total. The molecule has 48 valence electrons. The van der Waals surface area contributed by atoms with Crippen molar-refractivity contribution in [3.8, 4) is 0 Å². The average molecular weight is 137 g/mol. The topological polar surface area (TPSA) is 46.6 Å². The fraction of sp³-hybridized carbons (Fsp3) is 1.00. The third-order valence-electron chi connectivity index (χ3n) is 1.02. The van der Waals surface area contributed by atoms with Crippen LogP contribution in [0.1, 0.15) is 0 Å². The number of hydrogen-bond donors (Lipinski definition) is 0. The van der Waals surface area contributed by atoms with Gasteiger partial charge in [-0.2, -0.15) is 12.7 Å². The summed E-state index contributed by atoms with van der Waals surface area (Å²) in [6, 6.07) is 0. The van der Waals surface area contributed by atoms with Gasteiger partial charge in [0, 0.05) is 13.6 Å². The minimum atomic E-state index is -3.29. The molecule has 1 saturated heterocycles. The highest BCUT2D eigenvalue weighted by Gasteiger charge is 2.24. The first kappa shape index (κ1) is 6.00. The van der Waals surface area contributed by atoms with Gasteiger partial charge in [0.2, 0.25) is 0 Å². The van der Waals surface area contributed by atoms with E-state index in [4.69, 9.17) is 0 Å². The van der Waals surface area contributed by atoms with Crippen LogP contribution in [0.25, 0.3) is 0 Å². The maximum atomic E-state index is 10.5. The van der Waals surface area contributed by atoms with E-state index in [0.29, 0.717) is 13.2 Å². The highest BCUT2D eigenvalue weighted by molar-refractivity contribution is 7.84. The molecule has 0 aromatic heterocycles. The lowest BCUT2D eigenvalue weighted by Crippen LogP contribution is -2.19. The van der Waals surface area contributed by atoms with E-state index in [-0.39, 0.29) is 0 Å². The van der Waals surface area contributed by atoms with E-state index in [1.165, 1.54) is 11.4 Å². The van der Waals surface area contributed by atoms with Crippen molar-refractivity contribution in [2.75, 3.05) is 20.2 Å². The second-order valence-electron chi connectivity index (χ2n) is 1.60. The van der Waals surface area contributed by atoms with Gasteiger partial charge in [-0.15, -0.1) is 0 Å². The summed E-state index contributed by atoms with van der Waals surface area (Å²) in [6.07, 6.45) is 0. The molecule has 0 aromatic carbocycles. The van der Waals surface area contributed by atoms with Crippen molar-refractivity contribution in [2.24, 2.45) is 0 Å². The van der Waals surface area contributed by atoms with E-state index >= 15 is 0 Å². The van der Waals surface area contributed by atoms with Crippen molar-refractivity contribution >= 4 is 10.3 Å². The van der Waals surface area contributed by atoms with Crippen molar-refractivity contribution < 1.29 is 12.6 Å². The van der Waals surface area contributed by atoms with E-state index < -0.39 is 10.3 Å². The summed E-state index contributed by atoms with van der Waals surface area (Å²) in [5.74, 6) is 0. The predicted molar refractivity (Wildman–Crippen MR) is 27.5 cm³/mol. The fourth-order valence-electron chi connectivity index (χ4n) is 0.473. The second-order valence-corrected chi connectivity index (χ2v) is 3.32. The zero-order valence-corrected chi connectivity index (χ0v) is 5.31. The van der Waals surface area contributed by atoms with Crippen LogP contribution < -0.4 is 0 Å². The van der Waals surface area contributed by atoms with Crippen LogP contribution in [0.3, 0.4) is 0 Å². The molecule has 1 aliphatic heterocycles. The molecule has 5 heteroatoms. The molecule has 0 bridgehead atoms. The van der Waals surface area contributed by atoms with Gasteiger partial charge in [-0.05, 0) is 0 Å². The van der Waals surface area contributed by atoms with Crippen LogP contribution in [-0.2, 0) is 14.5 Å². The van der Waals surface area contributed by atoms with Gasteiger partial charge in [-0.25, -0.2) is 0 Å². The van der Waals surface area contributed by atoms with Gasteiger partial charge < -0.3 is 0 Å². The van der Waals surface area contributed by atoms with E-state index in [1.54, 1.807) is 0 Å². The normalized spacial score (nSPS) is 28.6. The fourth-order valence-corrected chi connectivity index (χ4v) is 1.24. The minimum Gasteiger partial charge on any atom is -0.257 e. The minimum absolute atomic E-state index is 0.291. The smallest absolute Gasteiger partial charge is 0.257 e. The maximum Gasteiger partial charge on any atom is 0.338 e. The standard InChI is InChI=1S/C3H7NO3S/c1-4-2-3-7-8(4,5)6/h2-3H2,1H3. The third-order valence-corrected chi connectivity index (χ3v) is 2.43. The Morgan fingerprint density at radius 3 is 2.38 bits per heavy atom. The number of hydrogen-bond acceptors (Lipinski definition) is 3. The highest BCUT2D eigenvalue weighted by Crippen LogP contribution is 2.06. The maximum absolute atomic E-state index is 10.5. The molecule has 1 aliphatic rings. The SMILES string of the molecule is CN1CCOS1(=O)=O. The van der Waals surface area contributed by atoms with Crippen LogP contribution in [0.15, 0.2) is 0 Å². The summed E-state index contributed by atoms with van der Waals surface area (Å²) in [4.78, 5) is 0. The second kappa shape index (κ2) is 1.68. The van der Waals surface area contributed by atoms with Gasteiger partial charge in [0.15, 0.2) is 0 Å². The first-order valence-electron chi connectivity index (χ1n) is 2.23. The lowest BCUT2D eigenvalue weighted by molar-refractivity contribution is 0.362. The average Bonchev–Trinajstić information content (AvgIpc) is 1.86. The van der Waals surface area contributed by atoms with E-state index in [0.717, 1.165) is 0 Å². The predicted octanol–water partition coefficient (Wildman–Crippen LogP) is -0.807. The van der Waals surface area contributed by atoms with E-state index in [9.17, 15) is 8.42 Å². The molecule has 0 spiro atoms. The van der Waals surface area contributed by atoms with Crippen molar-refractivity contribution in [1.82, 2.24) is 4.31 Å². The summed E-state index contributed by atoms with van der Waals surface area (Å²) in [7, 11) is -1.80. The Hall–Kier alpha value is -0.130. The van der Waals surface area contributed by atoms with Crippen LogP contribution >= 0.6 is 0 Å². The van der Waals surface area contributed by atoms with Crippen molar-refractivity contribution in [2.45, 2.75) is 0 Å². The summed E-state index contributed by atoms with van der Waals surface area (Å²) < 4.78 is 26.5.